The van der Waals surface area contributed by atoms with Crippen molar-refractivity contribution >= 4 is 39.2 Å². The average Bonchev–Trinajstić information content (AvgIpc) is 3.32. The first kappa shape index (κ1) is 20.7. The summed E-state index contributed by atoms with van der Waals surface area (Å²) in [5.41, 5.74) is 2.50. The van der Waals surface area contributed by atoms with E-state index < -0.39 is 11.8 Å². The Kier molecular flexibility index (Phi) is 6.45. The summed E-state index contributed by atoms with van der Waals surface area (Å²) in [5, 5.41) is 12.4. The summed E-state index contributed by atoms with van der Waals surface area (Å²) in [6.45, 7) is 2.74. The van der Waals surface area contributed by atoms with Crippen LogP contribution in [0.15, 0.2) is 35.1 Å². The number of aromatic nitrogens is 4. The molecule has 3 aromatic rings. The van der Waals surface area contributed by atoms with Crippen molar-refractivity contribution in [2.75, 3.05) is 31.3 Å². The van der Waals surface area contributed by atoms with Gasteiger partial charge in [-0.15, -0.1) is 0 Å². The highest BCUT2D eigenvalue weighted by Crippen LogP contribution is 2.21. The normalized spacial score (nSPS) is 10.9. The number of anilines is 2. The Morgan fingerprint density at radius 1 is 1.17 bits per heavy atom. The minimum Gasteiger partial charge on any atom is -0.340 e. The highest BCUT2D eigenvalue weighted by Gasteiger charge is 2.21. The number of H-pyrrole nitrogens is 2. The van der Waals surface area contributed by atoms with E-state index in [9.17, 15) is 9.59 Å². The molecule has 0 atom stereocenters. The zero-order valence-corrected chi connectivity index (χ0v) is 17.9. The highest BCUT2D eigenvalue weighted by atomic mass is 79.9. The van der Waals surface area contributed by atoms with Gasteiger partial charge in [0.1, 0.15) is 5.69 Å². The number of halogens is 1. The van der Waals surface area contributed by atoms with E-state index >= 15 is 0 Å². The lowest BCUT2D eigenvalue weighted by Crippen LogP contribution is -2.21. The van der Waals surface area contributed by atoms with Crippen LogP contribution in [0.5, 0.6) is 0 Å². The van der Waals surface area contributed by atoms with Crippen LogP contribution in [-0.4, -0.2) is 57.5 Å². The Morgan fingerprint density at radius 2 is 1.97 bits per heavy atom. The first-order valence-electron chi connectivity index (χ1n) is 8.94. The molecule has 0 spiro atoms. The van der Waals surface area contributed by atoms with Gasteiger partial charge < -0.3 is 20.5 Å². The Morgan fingerprint density at radius 3 is 2.72 bits per heavy atom. The molecule has 0 aliphatic carbocycles. The summed E-state index contributed by atoms with van der Waals surface area (Å²) in [5.74, 6) is -0.594. The van der Waals surface area contributed by atoms with E-state index in [0.29, 0.717) is 11.5 Å². The summed E-state index contributed by atoms with van der Waals surface area (Å²) in [7, 11) is 3.97. The quantitative estimate of drug-likeness (QED) is 0.433. The van der Waals surface area contributed by atoms with Crippen LogP contribution >= 0.6 is 15.9 Å². The Bertz CT molecular complexity index is 1030. The molecule has 0 aliphatic heterocycles. The number of hydrogen-bond acceptors (Lipinski definition) is 5. The van der Waals surface area contributed by atoms with Gasteiger partial charge in [-0.05, 0) is 38.7 Å². The van der Waals surface area contributed by atoms with E-state index in [2.05, 4.69) is 51.6 Å². The average molecular weight is 460 g/mol. The maximum Gasteiger partial charge on any atom is 0.276 e. The molecular weight excluding hydrogens is 438 g/mol. The lowest BCUT2D eigenvalue weighted by Gasteiger charge is -2.08. The number of benzene rings is 1. The monoisotopic (exact) mass is 459 g/mol. The zero-order chi connectivity index (χ0) is 21.0. The van der Waals surface area contributed by atoms with E-state index in [0.717, 1.165) is 28.7 Å². The van der Waals surface area contributed by atoms with Crippen molar-refractivity contribution in [1.29, 1.82) is 0 Å². The van der Waals surface area contributed by atoms with Gasteiger partial charge in [0.2, 0.25) is 0 Å². The maximum absolute atomic E-state index is 12.7. The van der Waals surface area contributed by atoms with E-state index in [4.69, 9.17) is 0 Å². The van der Waals surface area contributed by atoms with Gasteiger partial charge in [0, 0.05) is 34.9 Å². The van der Waals surface area contributed by atoms with Gasteiger partial charge in [0.05, 0.1) is 6.33 Å². The third-order valence-electron chi connectivity index (χ3n) is 4.23. The number of rotatable bonds is 7. The van der Waals surface area contributed by atoms with Gasteiger partial charge in [-0.25, -0.2) is 4.98 Å². The van der Waals surface area contributed by atoms with Gasteiger partial charge in [-0.3, -0.25) is 14.7 Å². The van der Waals surface area contributed by atoms with Crippen LogP contribution in [0.25, 0.3) is 0 Å². The predicted molar refractivity (Wildman–Crippen MR) is 114 cm³/mol. The fourth-order valence-corrected chi connectivity index (χ4v) is 2.99. The molecule has 0 saturated carbocycles. The molecule has 29 heavy (non-hydrogen) atoms. The SMILES string of the molecule is Cc1ccc(Br)cc1NC(=O)c1nc[nH]c1C(=O)Nc1cc(CCN(C)C)[nH]n1. The van der Waals surface area contributed by atoms with Gasteiger partial charge in [-0.1, -0.05) is 22.0 Å². The third-order valence-corrected chi connectivity index (χ3v) is 4.72. The number of aryl methyl sites for hydroxylation is 1. The number of hydrogen-bond donors (Lipinski definition) is 4. The second-order valence-electron chi connectivity index (χ2n) is 6.83. The smallest absolute Gasteiger partial charge is 0.276 e. The Balaban J connectivity index is 1.69. The van der Waals surface area contributed by atoms with Crippen molar-refractivity contribution < 1.29 is 9.59 Å². The fraction of sp³-hybridized carbons (Fsp3) is 0.263. The Hall–Kier alpha value is -2.98. The summed E-state index contributed by atoms with van der Waals surface area (Å²) in [4.78, 5) is 34.1. The van der Waals surface area contributed by atoms with Crippen LogP contribution in [0.3, 0.4) is 0 Å². The van der Waals surface area contributed by atoms with Crippen molar-refractivity contribution in [2.45, 2.75) is 13.3 Å². The number of likely N-dealkylation sites (N-methyl/N-ethyl adjacent to an activating group) is 1. The minimum absolute atomic E-state index is 0.00485. The molecule has 0 unspecified atom stereocenters. The molecule has 0 saturated heterocycles. The van der Waals surface area contributed by atoms with E-state index in [1.807, 2.05) is 33.2 Å². The standard InChI is InChI=1S/C19H22BrN7O2/c1-11-4-5-12(20)8-14(11)23-18(28)16-17(22-10-21-16)19(29)24-15-9-13(25-26-15)6-7-27(2)3/h4-5,8-10H,6-7H2,1-3H3,(H,21,22)(H,23,28)(H2,24,25,26,29). The van der Waals surface area contributed by atoms with Crippen LogP contribution in [0.4, 0.5) is 11.5 Å². The Labute approximate surface area is 176 Å². The number of imidazole rings is 1. The molecule has 152 valence electrons. The van der Waals surface area contributed by atoms with Crippen LogP contribution in [0, 0.1) is 6.92 Å². The first-order chi connectivity index (χ1) is 13.8. The summed E-state index contributed by atoms with van der Waals surface area (Å²) in [6.07, 6.45) is 2.09. The lowest BCUT2D eigenvalue weighted by atomic mass is 10.2. The molecule has 0 fully saturated rings. The number of nitrogens with zero attached hydrogens (tertiary/aromatic N) is 3. The first-order valence-corrected chi connectivity index (χ1v) is 9.74. The maximum atomic E-state index is 12.7. The number of amides is 2. The summed E-state index contributed by atoms with van der Waals surface area (Å²) < 4.78 is 0.835. The van der Waals surface area contributed by atoms with E-state index in [1.54, 1.807) is 12.1 Å². The van der Waals surface area contributed by atoms with Crippen LogP contribution < -0.4 is 10.6 Å². The summed E-state index contributed by atoms with van der Waals surface area (Å²) in [6, 6.07) is 7.32. The lowest BCUT2D eigenvalue weighted by molar-refractivity contribution is 0.0985. The van der Waals surface area contributed by atoms with Gasteiger partial charge in [0.25, 0.3) is 11.8 Å². The molecule has 2 amide bonds. The van der Waals surface area contributed by atoms with Crippen molar-refractivity contribution in [3.8, 4) is 0 Å². The molecule has 0 radical (unpaired) electrons. The van der Waals surface area contributed by atoms with E-state index in [-0.39, 0.29) is 11.4 Å². The van der Waals surface area contributed by atoms with E-state index in [1.165, 1.54) is 6.33 Å². The number of carbonyl (C=O) groups is 2. The van der Waals surface area contributed by atoms with Crippen molar-refractivity contribution in [2.24, 2.45) is 0 Å². The molecule has 0 bridgehead atoms. The topological polar surface area (TPSA) is 119 Å². The predicted octanol–water partition coefficient (Wildman–Crippen LogP) is 2.81. The van der Waals surface area contributed by atoms with Crippen molar-refractivity contribution in [3.05, 3.63) is 57.7 Å². The van der Waals surface area contributed by atoms with Crippen LogP contribution in [0.1, 0.15) is 32.2 Å². The van der Waals surface area contributed by atoms with Gasteiger partial charge in [0.15, 0.2) is 11.5 Å². The van der Waals surface area contributed by atoms with Crippen LogP contribution in [-0.2, 0) is 6.42 Å². The molecular formula is C19H22BrN7O2. The molecule has 1 aromatic carbocycles. The molecule has 2 heterocycles. The molecule has 10 heteroatoms. The number of aromatic amines is 2. The van der Waals surface area contributed by atoms with Crippen LogP contribution in [0.2, 0.25) is 0 Å². The molecule has 3 rings (SSSR count). The second-order valence-corrected chi connectivity index (χ2v) is 7.74. The zero-order valence-electron chi connectivity index (χ0n) is 16.3. The van der Waals surface area contributed by atoms with Crippen molar-refractivity contribution in [1.82, 2.24) is 25.1 Å². The molecule has 2 aromatic heterocycles. The molecule has 9 nitrogen and oxygen atoms in total. The molecule has 0 aliphatic rings. The second kappa shape index (κ2) is 9.01. The van der Waals surface area contributed by atoms with Gasteiger partial charge in [-0.2, -0.15) is 5.10 Å². The third kappa shape index (κ3) is 5.30. The van der Waals surface area contributed by atoms with Gasteiger partial charge >= 0.3 is 0 Å². The highest BCUT2D eigenvalue weighted by molar-refractivity contribution is 9.10. The summed E-state index contributed by atoms with van der Waals surface area (Å²) >= 11 is 3.38. The number of carbonyl (C=O) groups excluding carboxylic acids is 2. The van der Waals surface area contributed by atoms with Crippen molar-refractivity contribution in [3.63, 3.8) is 0 Å². The largest absolute Gasteiger partial charge is 0.340 e. The number of nitrogens with one attached hydrogen (secondary N) is 4. The minimum atomic E-state index is -0.496. The molecule has 4 N–H and O–H groups in total. The fourth-order valence-electron chi connectivity index (χ4n) is 2.63.